The van der Waals surface area contributed by atoms with Gasteiger partial charge in [-0.15, -0.1) is 0 Å². The van der Waals surface area contributed by atoms with E-state index >= 15 is 0 Å². The maximum Gasteiger partial charge on any atom is 0.0469 e. The Kier molecular flexibility index (Phi) is 11.3. The van der Waals surface area contributed by atoms with E-state index in [0.717, 1.165) is 25.7 Å². The highest BCUT2D eigenvalue weighted by atomic mass is 16.5. The van der Waals surface area contributed by atoms with E-state index < -0.39 is 0 Å². The molecule has 0 spiro atoms. The van der Waals surface area contributed by atoms with Crippen LogP contribution in [0.15, 0.2) is 0 Å². The second kappa shape index (κ2) is 11.4. The Morgan fingerprint density at radius 1 is 1.00 bits per heavy atom. The zero-order valence-electron chi connectivity index (χ0n) is 11.7. The van der Waals surface area contributed by atoms with Crippen LogP contribution in [0.1, 0.15) is 59.8 Å². The van der Waals surface area contributed by atoms with E-state index in [4.69, 9.17) is 4.74 Å². The third-order valence-corrected chi connectivity index (χ3v) is 2.82. The molecule has 2 heteroatoms. The molecule has 0 bridgehead atoms. The van der Waals surface area contributed by atoms with Crippen LogP contribution in [0.4, 0.5) is 0 Å². The first-order chi connectivity index (χ1) is 7.70. The molecule has 0 fully saturated rings. The van der Waals surface area contributed by atoms with Gasteiger partial charge in [0.15, 0.2) is 0 Å². The van der Waals surface area contributed by atoms with E-state index in [2.05, 4.69) is 33.0 Å². The minimum atomic E-state index is 0.598. The topological polar surface area (TPSA) is 21.3 Å². The lowest BCUT2D eigenvalue weighted by Gasteiger charge is -2.18. The Morgan fingerprint density at radius 2 is 1.75 bits per heavy atom. The summed E-state index contributed by atoms with van der Waals surface area (Å²) in [4.78, 5) is 0. The molecule has 0 aliphatic rings. The fraction of sp³-hybridized carbons (Fsp3) is 1.00. The summed E-state index contributed by atoms with van der Waals surface area (Å²) in [6, 6.07) is 0.598. The summed E-state index contributed by atoms with van der Waals surface area (Å²) in [6.07, 6.45) is 6.23. The molecule has 16 heavy (non-hydrogen) atoms. The second-order valence-corrected chi connectivity index (χ2v) is 4.97. The maximum atomic E-state index is 5.63. The molecule has 0 aromatic carbocycles. The first-order valence-corrected chi connectivity index (χ1v) is 7.01. The monoisotopic (exact) mass is 229 g/mol. The quantitative estimate of drug-likeness (QED) is 0.547. The van der Waals surface area contributed by atoms with Crippen molar-refractivity contribution in [3.63, 3.8) is 0 Å². The Hall–Kier alpha value is -0.0800. The van der Waals surface area contributed by atoms with Crippen molar-refractivity contribution >= 4 is 0 Å². The van der Waals surface area contributed by atoms with E-state index in [0.29, 0.717) is 6.04 Å². The standard InChI is InChI=1S/C14H31NO/c1-5-7-10-16-11-9-14(8-6-2)12-15-13(3)4/h13-15H,5-12H2,1-4H3. The van der Waals surface area contributed by atoms with Crippen molar-refractivity contribution in [2.75, 3.05) is 19.8 Å². The largest absolute Gasteiger partial charge is 0.381 e. The van der Waals surface area contributed by atoms with Crippen LogP contribution in [0.2, 0.25) is 0 Å². The Balaban J connectivity index is 3.51. The summed E-state index contributed by atoms with van der Waals surface area (Å²) >= 11 is 0. The van der Waals surface area contributed by atoms with Gasteiger partial charge in [-0.25, -0.2) is 0 Å². The van der Waals surface area contributed by atoms with Gasteiger partial charge in [0.2, 0.25) is 0 Å². The van der Waals surface area contributed by atoms with Gasteiger partial charge in [-0.1, -0.05) is 40.5 Å². The van der Waals surface area contributed by atoms with Crippen molar-refractivity contribution in [2.45, 2.75) is 65.8 Å². The average molecular weight is 229 g/mol. The molecule has 1 unspecified atom stereocenters. The molecule has 0 aromatic heterocycles. The van der Waals surface area contributed by atoms with Gasteiger partial charge < -0.3 is 10.1 Å². The summed E-state index contributed by atoms with van der Waals surface area (Å²) in [5, 5.41) is 3.53. The van der Waals surface area contributed by atoms with Crippen molar-refractivity contribution in [3.8, 4) is 0 Å². The molecule has 2 nitrogen and oxygen atoms in total. The van der Waals surface area contributed by atoms with Gasteiger partial charge in [-0.3, -0.25) is 0 Å². The summed E-state index contributed by atoms with van der Waals surface area (Å²) in [5.74, 6) is 0.786. The number of ether oxygens (including phenoxy) is 1. The summed E-state index contributed by atoms with van der Waals surface area (Å²) in [6.45, 7) is 11.9. The summed E-state index contributed by atoms with van der Waals surface area (Å²) in [7, 11) is 0. The lowest BCUT2D eigenvalue weighted by molar-refractivity contribution is 0.115. The van der Waals surface area contributed by atoms with Crippen LogP contribution < -0.4 is 5.32 Å². The molecule has 0 aromatic rings. The van der Waals surface area contributed by atoms with E-state index in [9.17, 15) is 0 Å². The van der Waals surface area contributed by atoms with Crippen molar-refractivity contribution in [3.05, 3.63) is 0 Å². The SMILES string of the molecule is CCCCOCCC(CCC)CNC(C)C. The van der Waals surface area contributed by atoms with Crippen LogP contribution >= 0.6 is 0 Å². The first-order valence-electron chi connectivity index (χ1n) is 7.01. The summed E-state index contributed by atoms with van der Waals surface area (Å²) < 4.78 is 5.63. The van der Waals surface area contributed by atoms with Gasteiger partial charge in [-0.05, 0) is 31.7 Å². The molecule has 0 radical (unpaired) electrons. The molecule has 0 aliphatic carbocycles. The van der Waals surface area contributed by atoms with Crippen LogP contribution in [0, 0.1) is 5.92 Å². The van der Waals surface area contributed by atoms with E-state index in [1.165, 1.54) is 32.1 Å². The van der Waals surface area contributed by atoms with Gasteiger partial charge in [0.25, 0.3) is 0 Å². The van der Waals surface area contributed by atoms with E-state index in [1.54, 1.807) is 0 Å². The predicted octanol–water partition coefficient (Wildman–Crippen LogP) is 3.61. The van der Waals surface area contributed by atoms with Crippen LogP contribution in [0.25, 0.3) is 0 Å². The second-order valence-electron chi connectivity index (χ2n) is 4.97. The average Bonchev–Trinajstić information content (AvgIpc) is 2.25. The highest BCUT2D eigenvalue weighted by Crippen LogP contribution is 2.10. The van der Waals surface area contributed by atoms with E-state index in [-0.39, 0.29) is 0 Å². The molecule has 1 atom stereocenters. The number of hydrogen-bond acceptors (Lipinski definition) is 2. The highest BCUT2D eigenvalue weighted by molar-refractivity contribution is 4.64. The molecule has 0 saturated heterocycles. The number of hydrogen-bond donors (Lipinski definition) is 1. The Morgan fingerprint density at radius 3 is 2.31 bits per heavy atom. The minimum absolute atomic E-state index is 0.598. The van der Waals surface area contributed by atoms with Crippen molar-refractivity contribution < 1.29 is 4.74 Å². The smallest absolute Gasteiger partial charge is 0.0469 e. The molecule has 0 rings (SSSR count). The minimum Gasteiger partial charge on any atom is -0.381 e. The molecule has 0 heterocycles. The zero-order chi connectivity index (χ0) is 12.2. The molecular weight excluding hydrogens is 198 g/mol. The summed E-state index contributed by atoms with van der Waals surface area (Å²) in [5.41, 5.74) is 0. The molecule has 0 amide bonds. The van der Waals surface area contributed by atoms with Gasteiger partial charge in [-0.2, -0.15) is 0 Å². The van der Waals surface area contributed by atoms with Crippen LogP contribution in [0.3, 0.4) is 0 Å². The number of rotatable bonds is 11. The van der Waals surface area contributed by atoms with Crippen molar-refractivity contribution in [1.29, 1.82) is 0 Å². The first kappa shape index (κ1) is 15.9. The lowest BCUT2D eigenvalue weighted by atomic mass is 10.00. The maximum absolute atomic E-state index is 5.63. The van der Waals surface area contributed by atoms with Gasteiger partial charge in [0.1, 0.15) is 0 Å². The van der Waals surface area contributed by atoms with Gasteiger partial charge in [0, 0.05) is 19.3 Å². The third-order valence-electron chi connectivity index (χ3n) is 2.82. The fourth-order valence-corrected chi connectivity index (χ4v) is 1.76. The van der Waals surface area contributed by atoms with Crippen molar-refractivity contribution in [1.82, 2.24) is 5.32 Å². The molecule has 1 N–H and O–H groups in total. The number of nitrogens with one attached hydrogen (secondary N) is 1. The molecule has 0 saturated carbocycles. The fourth-order valence-electron chi connectivity index (χ4n) is 1.76. The van der Waals surface area contributed by atoms with Crippen LogP contribution in [0.5, 0.6) is 0 Å². The normalized spacial score (nSPS) is 13.3. The Bertz CT molecular complexity index is 137. The van der Waals surface area contributed by atoms with Gasteiger partial charge in [0.05, 0.1) is 0 Å². The molecular formula is C14H31NO. The predicted molar refractivity (Wildman–Crippen MR) is 71.9 cm³/mol. The lowest BCUT2D eigenvalue weighted by Crippen LogP contribution is -2.29. The Labute approximate surface area is 102 Å². The zero-order valence-corrected chi connectivity index (χ0v) is 11.7. The van der Waals surface area contributed by atoms with Crippen LogP contribution in [-0.2, 0) is 4.74 Å². The highest BCUT2D eigenvalue weighted by Gasteiger charge is 2.08. The van der Waals surface area contributed by atoms with Crippen molar-refractivity contribution in [2.24, 2.45) is 5.92 Å². The van der Waals surface area contributed by atoms with E-state index in [1.807, 2.05) is 0 Å². The van der Waals surface area contributed by atoms with Crippen LogP contribution in [-0.4, -0.2) is 25.8 Å². The molecule has 98 valence electrons. The third kappa shape index (κ3) is 10.4. The number of unbranched alkanes of at least 4 members (excludes halogenated alkanes) is 1. The van der Waals surface area contributed by atoms with Gasteiger partial charge >= 0.3 is 0 Å². The molecule has 0 aliphatic heterocycles.